The number of carbonyl (C=O) groups excluding carboxylic acids is 2. The SMILES string of the molecule is CN1C(=O)CO[C@@H]2CN(C(=O)c3ccc4c(c3)OCO4)CC[C@]21c1ccccc1. The number of benzene rings is 2. The zero-order valence-corrected chi connectivity index (χ0v) is 16.2. The first-order chi connectivity index (χ1) is 14.1. The molecule has 0 aromatic heterocycles. The summed E-state index contributed by atoms with van der Waals surface area (Å²) in [6, 6.07) is 15.2. The summed E-state index contributed by atoms with van der Waals surface area (Å²) in [5.74, 6) is 1.12. The van der Waals surface area contributed by atoms with Gasteiger partial charge in [0.2, 0.25) is 12.7 Å². The standard InChI is InChI=1S/C22H22N2O5/c1-23-20(25)13-27-19-12-24(10-9-22(19,23)16-5-3-2-4-6-16)21(26)15-7-8-17-18(11-15)29-14-28-17/h2-8,11,19H,9-10,12-14H2,1H3/t19-,22+/m1/s1. The molecule has 5 rings (SSSR count). The smallest absolute Gasteiger partial charge is 0.254 e. The number of hydrogen-bond donors (Lipinski definition) is 0. The highest BCUT2D eigenvalue weighted by molar-refractivity contribution is 5.95. The molecule has 0 N–H and O–H groups in total. The van der Waals surface area contributed by atoms with Gasteiger partial charge in [-0.3, -0.25) is 9.59 Å². The lowest BCUT2D eigenvalue weighted by Crippen LogP contribution is -2.67. The number of likely N-dealkylation sites (tertiary alicyclic amines) is 1. The molecule has 3 heterocycles. The molecular weight excluding hydrogens is 372 g/mol. The molecule has 2 fully saturated rings. The second-order valence-electron chi connectivity index (χ2n) is 7.61. The maximum Gasteiger partial charge on any atom is 0.254 e. The second-order valence-corrected chi connectivity index (χ2v) is 7.61. The lowest BCUT2D eigenvalue weighted by Gasteiger charge is -2.54. The third-order valence-corrected chi connectivity index (χ3v) is 6.24. The summed E-state index contributed by atoms with van der Waals surface area (Å²) in [6.45, 7) is 1.15. The third-order valence-electron chi connectivity index (χ3n) is 6.24. The molecular formula is C22H22N2O5. The van der Waals surface area contributed by atoms with Crippen LogP contribution in [0.4, 0.5) is 0 Å². The fourth-order valence-electron chi connectivity index (χ4n) is 4.62. The van der Waals surface area contributed by atoms with Gasteiger partial charge >= 0.3 is 0 Å². The number of likely N-dealkylation sites (N-methyl/N-ethyl adjacent to an activating group) is 1. The van der Waals surface area contributed by atoms with Gasteiger partial charge in [-0.25, -0.2) is 0 Å². The lowest BCUT2D eigenvalue weighted by atomic mass is 9.76. The Morgan fingerprint density at radius 2 is 1.90 bits per heavy atom. The first-order valence-electron chi connectivity index (χ1n) is 9.72. The van der Waals surface area contributed by atoms with E-state index in [4.69, 9.17) is 14.2 Å². The summed E-state index contributed by atoms with van der Waals surface area (Å²) in [4.78, 5) is 29.2. The van der Waals surface area contributed by atoms with E-state index < -0.39 is 5.54 Å². The van der Waals surface area contributed by atoms with Crippen LogP contribution in [0, 0.1) is 0 Å². The van der Waals surface area contributed by atoms with Crippen LogP contribution < -0.4 is 9.47 Å². The molecule has 0 radical (unpaired) electrons. The van der Waals surface area contributed by atoms with E-state index in [1.54, 1.807) is 28.0 Å². The normalized spacial score (nSPS) is 25.7. The molecule has 2 amide bonds. The molecule has 150 valence electrons. The lowest BCUT2D eigenvalue weighted by molar-refractivity contribution is -0.180. The van der Waals surface area contributed by atoms with Gasteiger partial charge in [0.25, 0.3) is 5.91 Å². The zero-order chi connectivity index (χ0) is 20.0. The molecule has 0 bridgehead atoms. The van der Waals surface area contributed by atoms with Crippen LogP contribution in [0.2, 0.25) is 0 Å². The Kier molecular flexibility index (Phi) is 4.20. The number of fused-ring (bicyclic) bond motifs is 2. The predicted molar refractivity (Wildman–Crippen MR) is 104 cm³/mol. The fourth-order valence-corrected chi connectivity index (χ4v) is 4.62. The molecule has 7 heteroatoms. The Labute approximate surface area is 168 Å². The number of piperidine rings is 1. The average Bonchev–Trinajstić information content (AvgIpc) is 3.24. The highest BCUT2D eigenvalue weighted by atomic mass is 16.7. The predicted octanol–water partition coefficient (Wildman–Crippen LogP) is 2.01. The van der Waals surface area contributed by atoms with Crippen LogP contribution in [0.3, 0.4) is 0 Å². The minimum Gasteiger partial charge on any atom is -0.454 e. The van der Waals surface area contributed by atoms with Gasteiger partial charge in [0.05, 0.1) is 5.54 Å². The van der Waals surface area contributed by atoms with Crippen molar-refractivity contribution in [1.29, 1.82) is 0 Å². The minimum absolute atomic E-state index is 0.0296. The van der Waals surface area contributed by atoms with Gasteiger partial charge in [-0.15, -0.1) is 0 Å². The van der Waals surface area contributed by atoms with E-state index in [0.29, 0.717) is 36.6 Å². The van der Waals surface area contributed by atoms with Crippen molar-refractivity contribution < 1.29 is 23.8 Å². The number of hydrogen-bond acceptors (Lipinski definition) is 5. The Balaban J connectivity index is 1.44. The first-order valence-corrected chi connectivity index (χ1v) is 9.72. The summed E-state index contributed by atoms with van der Waals surface area (Å²) < 4.78 is 16.7. The number of amides is 2. The van der Waals surface area contributed by atoms with Crippen LogP contribution in [0.5, 0.6) is 11.5 Å². The van der Waals surface area contributed by atoms with Gasteiger partial charge in [0.15, 0.2) is 11.5 Å². The quantitative estimate of drug-likeness (QED) is 0.780. The van der Waals surface area contributed by atoms with Crippen molar-refractivity contribution >= 4 is 11.8 Å². The molecule has 0 aliphatic carbocycles. The van der Waals surface area contributed by atoms with E-state index in [1.165, 1.54) is 0 Å². The van der Waals surface area contributed by atoms with Crippen molar-refractivity contribution in [2.75, 3.05) is 33.5 Å². The van der Waals surface area contributed by atoms with E-state index >= 15 is 0 Å². The van der Waals surface area contributed by atoms with Gasteiger partial charge in [0.1, 0.15) is 12.7 Å². The van der Waals surface area contributed by atoms with E-state index in [1.807, 2.05) is 37.4 Å². The van der Waals surface area contributed by atoms with Gasteiger partial charge in [-0.2, -0.15) is 0 Å². The highest BCUT2D eigenvalue weighted by Crippen LogP contribution is 2.42. The van der Waals surface area contributed by atoms with Gasteiger partial charge in [-0.1, -0.05) is 30.3 Å². The van der Waals surface area contributed by atoms with Crippen molar-refractivity contribution in [3.8, 4) is 11.5 Å². The summed E-state index contributed by atoms with van der Waals surface area (Å²) in [5, 5.41) is 0. The van der Waals surface area contributed by atoms with E-state index in [9.17, 15) is 9.59 Å². The molecule has 2 aromatic rings. The average molecular weight is 394 g/mol. The molecule has 0 spiro atoms. The van der Waals surface area contributed by atoms with Crippen molar-refractivity contribution in [3.05, 3.63) is 59.7 Å². The first kappa shape index (κ1) is 18.0. The third kappa shape index (κ3) is 2.76. The fraction of sp³-hybridized carbons (Fsp3) is 0.364. The van der Waals surface area contributed by atoms with Crippen LogP contribution in [-0.4, -0.2) is 61.3 Å². The number of nitrogens with zero attached hydrogens (tertiary/aromatic N) is 2. The molecule has 7 nitrogen and oxygen atoms in total. The van der Waals surface area contributed by atoms with Gasteiger partial charge in [0, 0.05) is 25.7 Å². The molecule has 0 saturated carbocycles. The van der Waals surface area contributed by atoms with Crippen LogP contribution in [0.15, 0.2) is 48.5 Å². The van der Waals surface area contributed by atoms with Crippen molar-refractivity contribution in [1.82, 2.24) is 9.80 Å². The molecule has 29 heavy (non-hydrogen) atoms. The van der Waals surface area contributed by atoms with Crippen LogP contribution in [0.25, 0.3) is 0 Å². The Morgan fingerprint density at radius 1 is 1.10 bits per heavy atom. The second kappa shape index (κ2) is 6.77. The molecule has 3 aliphatic heterocycles. The van der Waals surface area contributed by atoms with Crippen LogP contribution >= 0.6 is 0 Å². The molecule has 2 saturated heterocycles. The van der Waals surface area contributed by atoms with Crippen molar-refractivity contribution in [2.45, 2.75) is 18.1 Å². The van der Waals surface area contributed by atoms with Crippen LogP contribution in [-0.2, 0) is 15.1 Å². The highest BCUT2D eigenvalue weighted by Gasteiger charge is 2.53. The molecule has 2 atom stereocenters. The van der Waals surface area contributed by atoms with Gasteiger partial charge in [-0.05, 0) is 30.2 Å². The van der Waals surface area contributed by atoms with E-state index in [-0.39, 0.29) is 31.3 Å². The molecule has 2 aromatic carbocycles. The van der Waals surface area contributed by atoms with Crippen molar-refractivity contribution in [3.63, 3.8) is 0 Å². The minimum atomic E-state index is -0.567. The number of ether oxygens (including phenoxy) is 3. The van der Waals surface area contributed by atoms with E-state index in [2.05, 4.69) is 0 Å². The topological polar surface area (TPSA) is 68.3 Å². The summed E-state index contributed by atoms with van der Waals surface area (Å²) in [6.07, 6.45) is 0.319. The van der Waals surface area contributed by atoms with Crippen molar-refractivity contribution in [2.24, 2.45) is 0 Å². The number of rotatable bonds is 2. The molecule has 0 unspecified atom stereocenters. The Hall–Kier alpha value is -3.06. The monoisotopic (exact) mass is 394 g/mol. The maximum absolute atomic E-state index is 13.2. The number of morpholine rings is 1. The molecule has 3 aliphatic rings. The summed E-state index contributed by atoms with van der Waals surface area (Å²) >= 11 is 0. The van der Waals surface area contributed by atoms with Gasteiger partial charge < -0.3 is 24.0 Å². The van der Waals surface area contributed by atoms with Crippen LogP contribution in [0.1, 0.15) is 22.3 Å². The summed E-state index contributed by atoms with van der Waals surface area (Å²) in [5.41, 5.74) is 1.03. The summed E-state index contributed by atoms with van der Waals surface area (Å²) in [7, 11) is 1.83. The number of carbonyl (C=O) groups is 2. The zero-order valence-electron chi connectivity index (χ0n) is 16.2. The van der Waals surface area contributed by atoms with E-state index in [0.717, 1.165) is 5.56 Å². The maximum atomic E-state index is 13.2. The largest absolute Gasteiger partial charge is 0.454 e. The Bertz CT molecular complexity index is 963. The Morgan fingerprint density at radius 3 is 2.72 bits per heavy atom.